The number of nitrogens with two attached hydrogens (primary N) is 1. The number of hydrogen-bond donors (Lipinski definition) is 5. The number of ether oxygens (including phenoxy) is 1. The number of methoxy groups -OCH3 is 1. The zero-order valence-electron chi connectivity index (χ0n) is 20.5. The lowest BCUT2D eigenvalue weighted by Gasteiger charge is -2.25. The second-order valence-electron chi connectivity index (χ2n) is 8.89. The van der Waals surface area contributed by atoms with Gasteiger partial charge in [0.05, 0.1) is 26.1 Å². The molecule has 0 radical (unpaired) electrons. The highest BCUT2D eigenvalue weighted by Crippen LogP contribution is 2.29. The summed E-state index contributed by atoms with van der Waals surface area (Å²) in [6, 6.07) is 0. The molecule has 2 amide bonds. The number of rotatable bonds is 7. The quantitative estimate of drug-likeness (QED) is 0.277. The Hall–Kier alpha value is -4.17. The van der Waals surface area contributed by atoms with Crippen molar-refractivity contribution >= 4 is 23.7 Å². The molecule has 37 heavy (non-hydrogen) atoms. The first-order chi connectivity index (χ1) is 17.8. The number of carbonyl (C=O) groups excluding carboxylic acids is 3. The van der Waals surface area contributed by atoms with Crippen molar-refractivity contribution in [2.45, 2.75) is 58.0 Å². The third-order valence-electron chi connectivity index (χ3n) is 6.44. The standard InChI is InChI=1S/C13H19N5O4.C9H12N4O2/c1-22-12(21)8-4-2-7(3-5-8)10(19)15-6-9-11(20)16-13(14)18-17-9;14-8(6-2-1-3-6)10-4-7-9(15)11-5-12-13-7/h7-8H,2-6H2,1H3,(H,15,19)(H3,14,16,18,20);5-6H,1-4H2,(H,10,14)(H,11,12,15). The molecule has 2 fully saturated rings. The lowest BCUT2D eigenvalue weighted by Crippen LogP contribution is -2.36. The summed E-state index contributed by atoms with van der Waals surface area (Å²) in [5, 5.41) is 19.7. The molecule has 0 aromatic carbocycles. The highest BCUT2D eigenvalue weighted by atomic mass is 16.5. The van der Waals surface area contributed by atoms with Crippen molar-refractivity contribution in [3.05, 3.63) is 38.4 Å². The van der Waals surface area contributed by atoms with Crippen LogP contribution in [0.1, 0.15) is 56.3 Å². The fraction of sp³-hybridized carbons (Fsp3) is 0.591. The van der Waals surface area contributed by atoms with Crippen LogP contribution in [0.25, 0.3) is 0 Å². The van der Waals surface area contributed by atoms with E-state index in [-0.39, 0.29) is 71.5 Å². The molecule has 0 unspecified atom stereocenters. The van der Waals surface area contributed by atoms with Crippen LogP contribution in [0.15, 0.2) is 15.9 Å². The van der Waals surface area contributed by atoms with Crippen LogP contribution in [-0.2, 0) is 32.2 Å². The summed E-state index contributed by atoms with van der Waals surface area (Å²) < 4.78 is 4.71. The molecule has 6 N–H and O–H groups in total. The van der Waals surface area contributed by atoms with Crippen molar-refractivity contribution in [1.82, 2.24) is 41.0 Å². The summed E-state index contributed by atoms with van der Waals surface area (Å²) in [6.07, 6.45) is 6.74. The van der Waals surface area contributed by atoms with Gasteiger partial charge in [0.1, 0.15) is 17.7 Å². The van der Waals surface area contributed by atoms with Gasteiger partial charge in [-0.1, -0.05) is 6.42 Å². The molecule has 0 spiro atoms. The summed E-state index contributed by atoms with van der Waals surface area (Å²) in [6.45, 7) is 0.150. The molecule has 2 saturated carbocycles. The van der Waals surface area contributed by atoms with E-state index in [2.05, 4.69) is 41.0 Å². The highest BCUT2D eigenvalue weighted by Gasteiger charge is 2.30. The van der Waals surface area contributed by atoms with Crippen molar-refractivity contribution in [2.75, 3.05) is 12.8 Å². The van der Waals surface area contributed by atoms with Crippen LogP contribution in [0.5, 0.6) is 0 Å². The molecule has 2 aliphatic carbocycles. The Balaban J connectivity index is 0.000000220. The second-order valence-corrected chi connectivity index (χ2v) is 8.89. The monoisotopic (exact) mass is 517 g/mol. The minimum atomic E-state index is -0.470. The predicted octanol–water partition coefficient (Wildman–Crippen LogP) is -1.08. The average Bonchev–Trinajstić information content (AvgIpc) is 2.86. The number of hydrogen-bond acceptors (Lipinski definition) is 11. The van der Waals surface area contributed by atoms with E-state index in [0.717, 1.165) is 19.3 Å². The number of aromatic amines is 2. The number of nitrogen functional groups attached to an aromatic ring is 1. The summed E-state index contributed by atoms with van der Waals surface area (Å²) in [4.78, 5) is 62.4. The van der Waals surface area contributed by atoms with Gasteiger partial charge in [0.25, 0.3) is 11.1 Å². The molecule has 0 atom stereocenters. The Kier molecular flexibility index (Phi) is 9.80. The number of nitrogens with one attached hydrogen (secondary N) is 4. The SMILES string of the molecule is COC(=O)C1CCC(C(=O)NCc2nnc(N)[nH]c2=O)CC1.O=C(NCc1nnc[nH]c1=O)C1CCC1. The van der Waals surface area contributed by atoms with Gasteiger partial charge in [0, 0.05) is 11.8 Å². The second kappa shape index (κ2) is 13.2. The smallest absolute Gasteiger partial charge is 0.308 e. The van der Waals surface area contributed by atoms with Gasteiger partial charge < -0.3 is 26.1 Å². The Bertz CT molecular complexity index is 1200. The van der Waals surface area contributed by atoms with Crippen LogP contribution in [0.3, 0.4) is 0 Å². The van der Waals surface area contributed by atoms with Crippen LogP contribution in [0, 0.1) is 17.8 Å². The molecule has 2 aliphatic rings. The maximum Gasteiger partial charge on any atom is 0.308 e. The van der Waals surface area contributed by atoms with Crippen molar-refractivity contribution in [3.63, 3.8) is 0 Å². The minimum absolute atomic E-state index is 0.00161. The molecule has 0 aliphatic heterocycles. The van der Waals surface area contributed by atoms with Crippen molar-refractivity contribution in [1.29, 1.82) is 0 Å². The molecule has 2 aromatic heterocycles. The first-order valence-corrected chi connectivity index (χ1v) is 12.0. The van der Waals surface area contributed by atoms with Crippen LogP contribution in [0.4, 0.5) is 5.95 Å². The van der Waals surface area contributed by atoms with E-state index in [1.165, 1.54) is 13.4 Å². The Morgan fingerprint density at radius 2 is 1.46 bits per heavy atom. The molecule has 0 bridgehead atoms. The van der Waals surface area contributed by atoms with Crippen LogP contribution < -0.4 is 27.5 Å². The van der Waals surface area contributed by atoms with Crippen molar-refractivity contribution in [3.8, 4) is 0 Å². The first kappa shape index (κ1) is 27.4. The Labute approximate surface area is 211 Å². The van der Waals surface area contributed by atoms with Crippen LogP contribution in [-0.4, -0.2) is 55.3 Å². The zero-order valence-corrected chi connectivity index (χ0v) is 20.5. The van der Waals surface area contributed by atoms with Gasteiger partial charge in [-0.25, -0.2) is 0 Å². The lowest BCUT2D eigenvalue weighted by molar-refractivity contribution is -0.147. The van der Waals surface area contributed by atoms with E-state index in [1.54, 1.807) is 0 Å². The van der Waals surface area contributed by atoms with Crippen LogP contribution in [0.2, 0.25) is 0 Å². The van der Waals surface area contributed by atoms with Gasteiger partial charge in [-0.2, -0.15) is 0 Å². The molecule has 2 heterocycles. The number of esters is 1. The molecular formula is C22H31N9O6. The van der Waals surface area contributed by atoms with E-state index in [4.69, 9.17) is 10.5 Å². The van der Waals surface area contributed by atoms with Gasteiger partial charge in [-0.3, -0.25) is 29.0 Å². The van der Waals surface area contributed by atoms with Crippen LogP contribution >= 0.6 is 0 Å². The maximum atomic E-state index is 12.1. The predicted molar refractivity (Wildman–Crippen MR) is 128 cm³/mol. The van der Waals surface area contributed by atoms with Crippen molar-refractivity contribution < 1.29 is 19.1 Å². The third kappa shape index (κ3) is 7.91. The Morgan fingerprint density at radius 1 is 0.892 bits per heavy atom. The van der Waals surface area contributed by atoms with E-state index < -0.39 is 5.56 Å². The van der Waals surface area contributed by atoms with Gasteiger partial charge in [0.15, 0.2) is 0 Å². The largest absolute Gasteiger partial charge is 0.469 e. The third-order valence-corrected chi connectivity index (χ3v) is 6.44. The molecule has 15 heteroatoms. The van der Waals surface area contributed by atoms with E-state index in [0.29, 0.717) is 25.7 Å². The number of H-pyrrole nitrogens is 2. The number of nitrogens with zero attached hydrogens (tertiary/aromatic N) is 4. The number of amides is 2. The van der Waals surface area contributed by atoms with Crippen molar-refractivity contribution in [2.24, 2.45) is 17.8 Å². The molecule has 4 rings (SSSR count). The first-order valence-electron chi connectivity index (χ1n) is 12.0. The van der Waals surface area contributed by atoms with Gasteiger partial charge >= 0.3 is 5.97 Å². The summed E-state index contributed by atoms with van der Waals surface area (Å²) in [5.41, 5.74) is 4.86. The summed E-state index contributed by atoms with van der Waals surface area (Å²) in [7, 11) is 1.37. The minimum Gasteiger partial charge on any atom is -0.469 e. The summed E-state index contributed by atoms with van der Waals surface area (Å²) in [5.74, 6) is -0.598. The Morgan fingerprint density at radius 3 is 1.97 bits per heavy atom. The fourth-order valence-corrected chi connectivity index (χ4v) is 3.98. The van der Waals surface area contributed by atoms with E-state index >= 15 is 0 Å². The molecule has 2 aromatic rings. The lowest BCUT2D eigenvalue weighted by atomic mass is 9.81. The highest BCUT2D eigenvalue weighted by molar-refractivity contribution is 5.79. The normalized spacial score (nSPS) is 18.9. The molecule has 200 valence electrons. The number of aromatic nitrogens is 6. The van der Waals surface area contributed by atoms with E-state index in [9.17, 15) is 24.0 Å². The molecule has 0 saturated heterocycles. The molecular weight excluding hydrogens is 486 g/mol. The number of carbonyl (C=O) groups is 3. The zero-order chi connectivity index (χ0) is 26.8. The van der Waals surface area contributed by atoms with Gasteiger partial charge in [-0.15, -0.1) is 20.4 Å². The fourth-order valence-electron chi connectivity index (χ4n) is 3.98. The summed E-state index contributed by atoms with van der Waals surface area (Å²) >= 11 is 0. The van der Waals surface area contributed by atoms with Gasteiger partial charge in [-0.05, 0) is 38.5 Å². The molecule has 15 nitrogen and oxygen atoms in total. The maximum absolute atomic E-state index is 12.1. The van der Waals surface area contributed by atoms with E-state index in [1.807, 2.05) is 0 Å². The number of anilines is 1. The average molecular weight is 518 g/mol. The van der Waals surface area contributed by atoms with Gasteiger partial charge in [0.2, 0.25) is 17.8 Å². The topological polar surface area (TPSA) is 228 Å².